The van der Waals surface area contributed by atoms with E-state index in [1.807, 2.05) is 6.92 Å². The van der Waals surface area contributed by atoms with Crippen LogP contribution in [0.1, 0.15) is 69.2 Å². The normalized spacial score (nSPS) is 12.4. The van der Waals surface area contributed by atoms with Gasteiger partial charge in [0.25, 0.3) is 5.91 Å². The van der Waals surface area contributed by atoms with Crippen LogP contribution in [0.5, 0.6) is 0 Å². The molecule has 0 fully saturated rings. The zero-order valence-electron chi connectivity index (χ0n) is 15.6. The van der Waals surface area contributed by atoms with Crippen molar-refractivity contribution in [2.24, 2.45) is 16.6 Å². The molecule has 0 radical (unpaired) electrons. The molecular formula is C18H33IN4O2. The molecule has 6 nitrogen and oxygen atoms in total. The fourth-order valence-corrected chi connectivity index (χ4v) is 2.58. The van der Waals surface area contributed by atoms with Gasteiger partial charge in [-0.15, -0.1) is 24.0 Å². The van der Waals surface area contributed by atoms with Crippen LogP contribution in [-0.4, -0.2) is 25.0 Å². The molecule has 1 heterocycles. The minimum Gasteiger partial charge on any atom is -0.454 e. The molecule has 1 atom stereocenters. The molecule has 7 heteroatoms. The molecule has 0 aliphatic heterocycles. The molecule has 0 aromatic carbocycles. The fraction of sp³-hybridized carbons (Fsp3) is 0.667. The van der Waals surface area contributed by atoms with E-state index in [0.717, 1.165) is 19.0 Å². The first kappa shape index (κ1) is 23.8. The molecular weight excluding hydrogens is 431 g/mol. The predicted octanol–water partition coefficient (Wildman–Crippen LogP) is 3.66. The van der Waals surface area contributed by atoms with Crippen molar-refractivity contribution in [2.75, 3.05) is 13.1 Å². The molecule has 1 unspecified atom stereocenters. The van der Waals surface area contributed by atoms with E-state index in [0.29, 0.717) is 18.2 Å². The molecule has 1 rings (SSSR count). The molecule has 0 saturated heterocycles. The highest BCUT2D eigenvalue weighted by Gasteiger charge is 2.09. The van der Waals surface area contributed by atoms with E-state index in [4.69, 9.17) is 10.2 Å². The highest BCUT2D eigenvalue weighted by molar-refractivity contribution is 14.0. The number of furan rings is 1. The Balaban J connectivity index is 0.00000576. The molecule has 1 aromatic heterocycles. The van der Waals surface area contributed by atoms with Gasteiger partial charge in [-0.2, -0.15) is 0 Å². The van der Waals surface area contributed by atoms with Crippen LogP contribution < -0.4 is 16.4 Å². The standard InChI is InChI=1S/C18H32N4O2.HI/c1-4-7-9-14(8-5-2)12-21-18(20-6-3)22-13-15-10-11-16(24-15)17(19)23;/h10-11,14H,4-9,12-13H2,1-3H3,(H2,19,23)(H2,20,21,22);1H. The third-order valence-electron chi connectivity index (χ3n) is 3.86. The number of nitrogens with one attached hydrogen (secondary N) is 2. The topological polar surface area (TPSA) is 92.6 Å². The maximum atomic E-state index is 11.0. The summed E-state index contributed by atoms with van der Waals surface area (Å²) in [5, 5.41) is 6.66. The summed E-state index contributed by atoms with van der Waals surface area (Å²) in [6.45, 7) is 8.58. The number of nitrogens with two attached hydrogens (primary N) is 1. The number of halogens is 1. The molecule has 4 N–H and O–H groups in total. The van der Waals surface area contributed by atoms with Gasteiger partial charge in [-0.25, -0.2) is 4.99 Å². The molecule has 25 heavy (non-hydrogen) atoms. The molecule has 1 amide bonds. The van der Waals surface area contributed by atoms with Crippen molar-refractivity contribution in [3.05, 3.63) is 23.7 Å². The Morgan fingerprint density at radius 3 is 2.52 bits per heavy atom. The van der Waals surface area contributed by atoms with E-state index < -0.39 is 5.91 Å². The van der Waals surface area contributed by atoms with Crippen LogP contribution in [0.25, 0.3) is 0 Å². The van der Waals surface area contributed by atoms with Gasteiger partial charge < -0.3 is 20.8 Å². The zero-order chi connectivity index (χ0) is 17.8. The SMILES string of the molecule is CCCCC(CCC)CNC(=NCc1ccc(C(N)=O)o1)NCC.I. The summed E-state index contributed by atoms with van der Waals surface area (Å²) in [4.78, 5) is 15.6. The number of hydrogen-bond donors (Lipinski definition) is 3. The lowest BCUT2D eigenvalue weighted by Gasteiger charge is -2.18. The van der Waals surface area contributed by atoms with Gasteiger partial charge >= 0.3 is 0 Å². The highest BCUT2D eigenvalue weighted by Crippen LogP contribution is 2.14. The third-order valence-corrected chi connectivity index (χ3v) is 3.86. The number of carbonyl (C=O) groups excluding carboxylic acids is 1. The van der Waals surface area contributed by atoms with Gasteiger partial charge in [0.05, 0.1) is 0 Å². The lowest BCUT2D eigenvalue weighted by Crippen LogP contribution is -2.39. The maximum absolute atomic E-state index is 11.0. The number of aliphatic imine (C=N–C) groups is 1. The largest absolute Gasteiger partial charge is 0.454 e. The number of primary amides is 1. The summed E-state index contributed by atoms with van der Waals surface area (Å²) in [5.74, 6) is 1.67. The lowest BCUT2D eigenvalue weighted by molar-refractivity contribution is 0.0972. The van der Waals surface area contributed by atoms with Crippen LogP contribution in [0.2, 0.25) is 0 Å². The van der Waals surface area contributed by atoms with Gasteiger partial charge in [-0.05, 0) is 37.8 Å². The summed E-state index contributed by atoms with van der Waals surface area (Å²) in [6.07, 6.45) is 6.17. The second-order valence-electron chi connectivity index (χ2n) is 6.00. The minimum absolute atomic E-state index is 0. The van der Waals surface area contributed by atoms with Gasteiger partial charge in [-0.3, -0.25) is 4.79 Å². The van der Waals surface area contributed by atoms with Gasteiger partial charge in [0.2, 0.25) is 0 Å². The number of amides is 1. The van der Waals surface area contributed by atoms with E-state index in [9.17, 15) is 4.79 Å². The van der Waals surface area contributed by atoms with Gasteiger partial charge in [0, 0.05) is 13.1 Å². The van der Waals surface area contributed by atoms with Crippen molar-refractivity contribution in [3.8, 4) is 0 Å². The molecule has 0 aliphatic rings. The zero-order valence-corrected chi connectivity index (χ0v) is 18.0. The Labute approximate surface area is 168 Å². The quantitative estimate of drug-likeness (QED) is 0.265. The third kappa shape index (κ3) is 9.72. The first-order chi connectivity index (χ1) is 11.6. The van der Waals surface area contributed by atoms with Crippen molar-refractivity contribution in [1.82, 2.24) is 10.6 Å². The van der Waals surface area contributed by atoms with E-state index in [1.54, 1.807) is 12.1 Å². The molecule has 144 valence electrons. The van der Waals surface area contributed by atoms with Crippen molar-refractivity contribution in [3.63, 3.8) is 0 Å². The van der Waals surface area contributed by atoms with Crippen LogP contribution >= 0.6 is 24.0 Å². The number of rotatable bonds is 11. The summed E-state index contributed by atoms with van der Waals surface area (Å²) >= 11 is 0. The highest BCUT2D eigenvalue weighted by atomic mass is 127. The number of guanidine groups is 1. The summed E-state index contributed by atoms with van der Waals surface area (Å²) in [5.41, 5.74) is 5.19. The van der Waals surface area contributed by atoms with Crippen LogP contribution in [-0.2, 0) is 6.54 Å². The minimum atomic E-state index is -0.561. The smallest absolute Gasteiger partial charge is 0.284 e. The summed E-state index contributed by atoms with van der Waals surface area (Å²) < 4.78 is 5.35. The summed E-state index contributed by atoms with van der Waals surface area (Å²) in [7, 11) is 0. The first-order valence-electron chi connectivity index (χ1n) is 9.01. The monoisotopic (exact) mass is 464 g/mol. The molecule has 1 aromatic rings. The number of unbranched alkanes of at least 4 members (excludes halogenated alkanes) is 1. The van der Waals surface area contributed by atoms with Crippen molar-refractivity contribution in [2.45, 2.75) is 59.4 Å². The second-order valence-corrected chi connectivity index (χ2v) is 6.00. The van der Waals surface area contributed by atoms with Gasteiger partial charge in [0.1, 0.15) is 12.3 Å². The Morgan fingerprint density at radius 1 is 1.20 bits per heavy atom. The summed E-state index contributed by atoms with van der Waals surface area (Å²) in [6, 6.07) is 3.31. The van der Waals surface area contributed by atoms with Crippen LogP contribution in [0, 0.1) is 5.92 Å². The molecule has 0 aliphatic carbocycles. The predicted molar refractivity (Wildman–Crippen MR) is 113 cm³/mol. The van der Waals surface area contributed by atoms with E-state index >= 15 is 0 Å². The maximum Gasteiger partial charge on any atom is 0.284 e. The van der Waals surface area contributed by atoms with E-state index in [2.05, 4.69) is 29.5 Å². The van der Waals surface area contributed by atoms with Crippen molar-refractivity contribution >= 4 is 35.8 Å². The van der Waals surface area contributed by atoms with E-state index in [1.165, 1.54) is 32.1 Å². The van der Waals surface area contributed by atoms with Gasteiger partial charge in [0.15, 0.2) is 11.7 Å². The van der Waals surface area contributed by atoms with Crippen LogP contribution in [0.3, 0.4) is 0 Å². The number of nitrogens with zero attached hydrogens (tertiary/aromatic N) is 1. The Bertz CT molecular complexity index is 517. The number of carbonyl (C=O) groups is 1. The molecule has 0 saturated carbocycles. The average molecular weight is 464 g/mol. The Hall–Kier alpha value is -1.25. The molecule has 0 spiro atoms. The average Bonchev–Trinajstić information content (AvgIpc) is 3.04. The first-order valence-corrected chi connectivity index (χ1v) is 9.01. The van der Waals surface area contributed by atoms with Gasteiger partial charge in [-0.1, -0.05) is 33.1 Å². The second kappa shape index (κ2) is 14.0. The Morgan fingerprint density at radius 2 is 1.96 bits per heavy atom. The van der Waals surface area contributed by atoms with Crippen LogP contribution in [0.4, 0.5) is 0 Å². The fourth-order valence-electron chi connectivity index (χ4n) is 2.58. The molecule has 0 bridgehead atoms. The van der Waals surface area contributed by atoms with Crippen LogP contribution in [0.15, 0.2) is 21.5 Å². The lowest BCUT2D eigenvalue weighted by atomic mass is 9.97. The van der Waals surface area contributed by atoms with Crippen molar-refractivity contribution < 1.29 is 9.21 Å². The Kier molecular flexibility index (Phi) is 13.3. The van der Waals surface area contributed by atoms with E-state index in [-0.39, 0.29) is 29.7 Å². The van der Waals surface area contributed by atoms with Crippen molar-refractivity contribution in [1.29, 1.82) is 0 Å². The number of hydrogen-bond acceptors (Lipinski definition) is 3.